The average Bonchev–Trinajstić information content (AvgIpc) is 2.64. The maximum Gasteiger partial charge on any atom is 0.0645 e. The molecule has 1 aliphatic rings. The highest BCUT2D eigenvalue weighted by Gasteiger charge is 2.19. The summed E-state index contributed by atoms with van der Waals surface area (Å²) >= 11 is 0. The van der Waals surface area contributed by atoms with E-state index in [4.69, 9.17) is 10.5 Å². The first-order valence-corrected chi connectivity index (χ1v) is 5.84. The van der Waals surface area contributed by atoms with Crippen LogP contribution in [0.15, 0.2) is 12.3 Å². The van der Waals surface area contributed by atoms with Crippen molar-refractivity contribution in [2.75, 3.05) is 13.2 Å². The highest BCUT2D eigenvalue weighted by molar-refractivity contribution is 5.28. The zero-order valence-corrected chi connectivity index (χ0v) is 9.41. The van der Waals surface area contributed by atoms with Crippen molar-refractivity contribution in [2.24, 2.45) is 5.73 Å². The van der Waals surface area contributed by atoms with Crippen LogP contribution in [0.4, 0.5) is 0 Å². The third-order valence-corrected chi connectivity index (χ3v) is 3.12. The van der Waals surface area contributed by atoms with E-state index in [1.165, 1.54) is 24.1 Å². The van der Waals surface area contributed by atoms with Crippen LogP contribution in [-0.2, 0) is 17.7 Å². The van der Waals surface area contributed by atoms with Gasteiger partial charge in [-0.3, -0.25) is 0 Å². The second-order valence-electron chi connectivity index (χ2n) is 4.11. The maximum absolute atomic E-state index is 6.07. The van der Waals surface area contributed by atoms with Crippen molar-refractivity contribution in [1.82, 2.24) is 4.57 Å². The molecule has 3 nitrogen and oxygen atoms in total. The monoisotopic (exact) mass is 208 g/mol. The van der Waals surface area contributed by atoms with Crippen LogP contribution in [0.5, 0.6) is 0 Å². The van der Waals surface area contributed by atoms with E-state index in [0.717, 1.165) is 26.2 Å². The van der Waals surface area contributed by atoms with E-state index < -0.39 is 0 Å². The molecule has 1 heterocycles. The highest BCUT2D eigenvalue weighted by Crippen LogP contribution is 2.28. The second-order valence-corrected chi connectivity index (χ2v) is 4.11. The fourth-order valence-electron chi connectivity index (χ4n) is 2.31. The molecule has 0 radical (unpaired) electrons. The van der Waals surface area contributed by atoms with E-state index in [2.05, 4.69) is 16.8 Å². The second kappa shape index (κ2) is 4.81. The summed E-state index contributed by atoms with van der Waals surface area (Å²) < 4.78 is 7.67. The first kappa shape index (κ1) is 10.7. The van der Waals surface area contributed by atoms with Crippen molar-refractivity contribution in [1.29, 1.82) is 0 Å². The fraction of sp³-hybridized carbons (Fsp3) is 0.667. The molecular weight excluding hydrogens is 188 g/mol. The van der Waals surface area contributed by atoms with Crippen molar-refractivity contribution in [2.45, 2.75) is 38.8 Å². The third kappa shape index (κ3) is 2.24. The first-order valence-electron chi connectivity index (χ1n) is 5.84. The summed E-state index contributed by atoms with van der Waals surface area (Å²) in [7, 11) is 0. The summed E-state index contributed by atoms with van der Waals surface area (Å²) in [6.07, 6.45) is 5.66. The van der Waals surface area contributed by atoms with Gasteiger partial charge in [-0.2, -0.15) is 0 Å². The Bertz CT molecular complexity index is 319. The van der Waals surface area contributed by atoms with Gasteiger partial charge in [0.15, 0.2) is 0 Å². The lowest BCUT2D eigenvalue weighted by Gasteiger charge is -2.20. The predicted molar refractivity (Wildman–Crippen MR) is 60.8 cm³/mol. The Kier molecular flexibility index (Phi) is 3.44. The summed E-state index contributed by atoms with van der Waals surface area (Å²) in [5.41, 5.74) is 8.84. The van der Waals surface area contributed by atoms with E-state index in [0.29, 0.717) is 0 Å². The number of fused-ring (bicyclic) bond motifs is 1. The van der Waals surface area contributed by atoms with Gasteiger partial charge in [0.2, 0.25) is 0 Å². The van der Waals surface area contributed by atoms with Crippen LogP contribution in [0.25, 0.3) is 0 Å². The Morgan fingerprint density at radius 2 is 2.47 bits per heavy atom. The van der Waals surface area contributed by atoms with Crippen molar-refractivity contribution >= 4 is 0 Å². The number of ether oxygens (including phenoxy) is 1. The summed E-state index contributed by atoms with van der Waals surface area (Å²) in [5.74, 6) is 0. The van der Waals surface area contributed by atoms with Crippen LogP contribution in [-0.4, -0.2) is 17.8 Å². The first-order chi connectivity index (χ1) is 7.33. The molecule has 1 aromatic rings. The zero-order valence-electron chi connectivity index (χ0n) is 9.41. The molecular formula is C12H20N2O. The van der Waals surface area contributed by atoms with Crippen molar-refractivity contribution < 1.29 is 4.74 Å². The average molecular weight is 208 g/mol. The number of nitrogens with two attached hydrogens (primary N) is 1. The number of nitrogens with zero attached hydrogens (tertiary/aromatic N) is 1. The topological polar surface area (TPSA) is 40.2 Å². The van der Waals surface area contributed by atoms with Gasteiger partial charge >= 0.3 is 0 Å². The molecule has 1 aliphatic carbocycles. The Morgan fingerprint density at radius 1 is 1.60 bits per heavy atom. The van der Waals surface area contributed by atoms with Crippen LogP contribution < -0.4 is 5.73 Å². The molecule has 15 heavy (non-hydrogen) atoms. The molecule has 1 atom stereocenters. The minimum atomic E-state index is 0.252. The van der Waals surface area contributed by atoms with E-state index >= 15 is 0 Å². The smallest absolute Gasteiger partial charge is 0.0645 e. The molecule has 0 spiro atoms. The van der Waals surface area contributed by atoms with Crippen LogP contribution in [0.2, 0.25) is 0 Å². The standard InChI is InChI=1S/C12H20N2O/c1-2-15-9-8-14-7-6-10-11(13)4-3-5-12(10)14/h6-7,11H,2-5,8-9,13H2,1H3. The molecule has 1 unspecified atom stereocenters. The molecule has 2 N–H and O–H groups in total. The van der Waals surface area contributed by atoms with Gasteiger partial charge in [-0.15, -0.1) is 0 Å². The molecule has 84 valence electrons. The van der Waals surface area contributed by atoms with E-state index in [9.17, 15) is 0 Å². The normalized spacial score (nSPS) is 20.3. The van der Waals surface area contributed by atoms with Crippen molar-refractivity contribution in [3.63, 3.8) is 0 Å². The summed E-state index contributed by atoms with van der Waals surface area (Å²) in [6, 6.07) is 2.42. The molecule has 0 saturated carbocycles. The lowest BCUT2D eigenvalue weighted by atomic mass is 9.94. The summed E-state index contributed by atoms with van der Waals surface area (Å²) in [6.45, 7) is 4.58. The molecule has 0 bridgehead atoms. The zero-order chi connectivity index (χ0) is 10.7. The highest BCUT2D eigenvalue weighted by atomic mass is 16.5. The largest absolute Gasteiger partial charge is 0.380 e. The molecule has 2 rings (SSSR count). The minimum absolute atomic E-state index is 0.252. The summed E-state index contributed by atoms with van der Waals surface area (Å²) in [4.78, 5) is 0. The van der Waals surface area contributed by atoms with Gasteiger partial charge < -0.3 is 15.0 Å². The van der Waals surface area contributed by atoms with Gasteiger partial charge in [-0.1, -0.05) is 0 Å². The predicted octanol–water partition coefficient (Wildman–Crippen LogP) is 1.86. The van der Waals surface area contributed by atoms with Crippen molar-refractivity contribution in [3.8, 4) is 0 Å². The molecule has 3 heteroatoms. The van der Waals surface area contributed by atoms with Gasteiger partial charge in [0.05, 0.1) is 6.61 Å². The lowest BCUT2D eigenvalue weighted by Crippen LogP contribution is -2.19. The minimum Gasteiger partial charge on any atom is -0.380 e. The van der Waals surface area contributed by atoms with Crippen LogP contribution in [0.3, 0.4) is 0 Å². The SMILES string of the molecule is CCOCCn1ccc2c1CCCC2N. The molecule has 1 aromatic heterocycles. The number of aromatic nitrogens is 1. The summed E-state index contributed by atoms with van der Waals surface area (Å²) in [5, 5.41) is 0. The molecule has 0 fully saturated rings. The molecule has 0 saturated heterocycles. The molecule has 0 amide bonds. The van der Waals surface area contributed by atoms with E-state index in [1.807, 2.05) is 6.92 Å². The van der Waals surface area contributed by atoms with Crippen LogP contribution >= 0.6 is 0 Å². The maximum atomic E-state index is 6.07. The number of rotatable bonds is 4. The van der Waals surface area contributed by atoms with Crippen LogP contribution in [0.1, 0.15) is 37.1 Å². The van der Waals surface area contributed by atoms with E-state index in [1.54, 1.807) is 0 Å². The lowest BCUT2D eigenvalue weighted by molar-refractivity contribution is 0.138. The quantitative estimate of drug-likeness (QED) is 0.767. The molecule has 0 aromatic carbocycles. The number of hydrogen-bond acceptors (Lipinski definition) is 2. The Hall–Kier alpha value is -0.800. The van der Waals surface area contributed by atoms with Gasteiger partial charge in [-0.05, 0) is 37.8 Å². The fourth-order valence-corrected chi connectivity index (χ4v) is 2.31. The number of hydrogen-bond donors (Lipinski definition) is 1. The molecule has 0 aliphatic heterocycles. The third-order valence-electron chi connectivity index (χ3n) is 3.12. The Morgan fingerprint density at radius 3 is 3.27 bits per heavy atom. The Labute approximate surface area is 91.2 Å². The van der Waals surface area contributed by atoms with Gasteiger partial charge in [0.25, 0.3) is 0 Å². The van der Waals surface area contributed by atoms with Gasteiger partial charge in [0, 0.05) is 31.1 Å². The van der Waals surface area contributed by atoms with E-state index in [-0.39, 0.29) is 6.04 Å². The van der Waals surface area contributed by atoms with Gasteiger partial charge in [0.1, 0.15) is 0 Å². The van der Waals surface area contributed by atoms with Gasteiger partial charge in [-0.25, -0.2) is 0 Å². The van der Waals surface area contributed by atoms with Crippen molar-refractivity contribution in [3.05, 3.63) is 23.5 Å². The van der Waals surface area contributed by atoms with Crippen LogP contribution in [0, 0.1) is 0 Å². The Balaban J connectivity index is 2.06.